The fourth-order valence-electron chi connectivity index (χ4n) is 0. The minimum atomic E-state index is -4.33. The minimum Gasteiger partial charge on any atom is -0.768 e. The van der Waals surface area contributed by atoms with Crippen molar-refractivity contribution in [2.24, 2.45) is 0 Å². The van der Waals surface area contributed by atoms with Crippen LogP contribution in [-0.4, -0.2) is 13.0 Å². The van der Waals surface area contributed by atoms with E-state index >= 15 is 0 Å². The van der Waals surface area contributed by atoms with E-state index in [4.69, 9.17) is 13.0 Å². The smallest absolute Gasteiger partial charge is 0.768 e. The second kappa shape index (κ2) is 3.29. The van der Waals surface area contributed by atoms with E-state index in [2.05, 4.69) is 11.7 Å². The molecule has 0 aliphatic heterocycles. The molecule has 0 spiro atoms. The Kier molecular flexibility index (Phi) is 5.63. The number of hydrogen-bond donors (Lipinski definition) is 0. The zero-order valence-electron chi connectivity index (χ0n) is 3.04. The zero-order chi connectivity index (χ0) is 4.50. The zero-order valence-corrected chi connectivity index (χ0v) is 6.67. The number of rotatable bonds is 0. The molecule has 0 aromatic heterocycles. The van der Waals surface area contributed by atoms with E-state index in [9.17, 15) is 0 Å². The van der Waals surface area contributed by atoms with Gasteiger partial charge in [0.2, 0.25) is 0 Å². The quantitative estimate of drug-likeness (QED) is 0.147. The van der Waals surface area contributed by atoms with Crippen molar-refractivity contribution in [1.29, 1.82) is 0 Å². The SMILES string of the molecule is O=S(=O)([O-])[S-].[Na+]. The van der Waals surface area contributed by atoms with Gasteiger partial charge in [-0.3, -0.25) is 8.42 Å². The van der Waals surface area contributed by atoms with Gasteiger partial charge in [-0.05, 0) is 9.15 Å². The average molecular weight is 135 g/mol. The molecule has 0 aliphatic rings. The minimum absolute atomic E-state index is 0. The van der Waals surface area contributed by atoms with Crippen LogP contribution in [0.3, 0.4) is 0 Å². The van der Waals surface area contributed by atoms with Gasteiger partial charge in [-0.25, -0.2) is 0 Å². The Bertz CT molecular complexity index is 92.0. The topological polar surface area (TPSA) is 57.2 Å². The second-order valence-corrected chi connectivity index (χ2v) is 2.45. The third-order valence-corrected chi connectivity index (χ3v) is 0. The Hall–Kier alpha value is 1.26. The second-order valence-electron chi connectivity index (χ2n) is 0.408. The number of hydrogen-bond acceptors (Lipinski definition) is 4. The molecule has 0 heterocycles. The van der Waals surface area contributed by atoms with Crippen molar-refractivity contribution in [2.45, 2.75) is 0 Å². The summed E-state index contributed by atoms with van der Waals surface area (Å²) in [6.45, 7) is 0. The third-order valence-electron chi connectivity index (χ3n) is 0. The van der Waals surface area contributed by atoms with Crippen molar-refractivity contribution in [3.8, 4) is 0 Å². The molecule has 0 atom stereocenters. The van der Waals surface area contributed by atoms with Gasteiger partial charge in [0.15, 0.2) is 0 Å². The summed E-state index contributed by atoms with van der Waals surface area (Å²) < 4.78 is 26.7. The summed E-state index contributed by atoms with van der Waals surface area (Å²) in [4.78, 5) is 0. The van der Waals surface area contributed by atoms with E-state index in [0.29, 0.717) is 0 Å². The Morgan fingerprint density at radius 1 is 1.50 bits per heavy atom. The average Bonchev–Trinajstić information content (AvgIpc) is 0.722. The van der Waals surface area contributed by atoms with E-state index in [1.807, 2.05) is 0 Å². The van der Waals surface area contributed by atoms with Gasteiger partial charge in [0.05, 0.1) is 0 Å². The standard InChI is InChI=1S/Na.H2O3S2/c;1-5(2,3)4/h;(H2,1,2,3,4)/q+1;/p-2. The maximum atomic E-state index is 8.89. The summed E-state index contributed by atoms with van der Waals surface area (Å²) >= 11 is 3.24. The molecule has 0 unspecified atom stereocenters. The van der Waals surface area contributed by atoms with Gasteiger partial charge < -0.3 is 16.2 Å². The molecule has 0 bridgehead atoms. The fraction of sp³-hybridized carbons (Fsp3) is 0. The monoisotopic (exact) mass is 135 g/mol. The molecule has 0 amide bonds. The molecule has 0 aromatic carbocycles. The van der Waals surface area contributed by atoms with Crippen LogP contribution in [0.5, 0.6) is 0 Å². The maximum absolute atomic E-state index is 8.89. The molecule has 0 saturated carbocycles. The van der Waals surface area contributed by atoms with Crippen LogP contribution in [0.1, 0.15) is 0 Å². The Morgan fingerprint density at radius 2 is 1.50 bits per heavy atom. The molecule has 6 heavy (non-hydrogen) atoms. The van der Waals surface area contributed by atoms with Crippen molar-refractivity contribution in [3.05, 3.63) is 0 Å². The van der Waals surface area contributed by atoms with Crippen LogP contribution in [0.15, 0.2) is 0 Å². The molecule has 0 radical (unpaired) electrons. The Balaban J connectivity index is 0. The summed E-state index contributed by atoms with van der Waals surface area (Å²) in [6, 6.07) is 0. The van der Waals surface area contributed by atoms with E-state index in [1.165, 1.54) is 0 Å². The van der Waals surface area contributed by atoms with Crippen LogP contribution in [-0.2, 0) is 20.8 Å². The van der Waals surface area contributed by atoms with Crippen LogP contribution in [0.4, 0.5) is 0 Å². The molecule has 3 nitrogen and oxygen atoms in total. The van der Waals surface area contributed by atoms with Crippen molar-refractivity contribution in [3.63, 3.8) is 0 Å². The van der Waals surface area contributed by atoms with Gasteiger partial charge in [-0.15, -0.1) is 0 Å². The molecule has 0 rings (SSSR count). The van der Waals surface area contributed by atoms with Gasteiger partial charge in [-0.1, -0.05) is 0 Å². The van der Waals surface area contributed by atoms with E-state index in [1.54, 1.807) is 0 Å². The van der Waals surface area contributed by atoms with Crippen LogP contribution < -0.4 is 29.6 Å². The third kappa shape index (κ3) is 60.1. The molecule has 0 aliphatic carbocycles. The van der Waals surface area contributed by atoms with E-state index in [-0.39, 0.29) is 29.6 Å². The van der Waals surface area contributed by atoms with Gasteiger partial charge in [0, 0.05) is 0 Å². The first kappa shape index (κ1) is 10.3. The molecular weight excluding hydrogens is 135 g/mol. The first-order chi connectivity index (χ1) is 2.00. The van der Waals surface area contributed by atoms with Crippen LogP contribution in [0.25, 0.3) is 0 Å². The molecule has 0 fully saturated rings. The molecule has 32 valence electrons. The first-order valence-electron chi connectivity index (χ1n) is 0.667. The van der Waals surface area contributed by atoms with Crippen molar-refractivity contribution in [1.82, 2.24) is 0 Å². The van der Waals surface area contributed by atoms with Crippen LogP contribution in [0.2, 0.25) is 0 Å². The van der Waals surface area contributed by atoms with Crippen LogP contribution in [0, 0.1) is 0 Å². The molecule has 0 aromatic rings. The summed E-state index contributed by atoms with van der Waals surface area (Å²) in [6.07, 6.45) is 0. The van der Waals surface area contributed by atoms with Gasteiger partial charge in [0.25, 0.3) is 0 Å². The Morgan fingerprint density at radius 3 is 1.50 bits per heavy atom. The molecule has 6 heteroatoms. The van der Waals surface area contributed by atoms with Crippen molar-refractivity contribution < 1.29 is 42.5 Å². The summed E-state index contributed by atoms with van der Waals surface area (Å²) in [5, 5.41) is 0. The van der Waals surface area contributed by atoms with Gasteiger partial charge in [0.1, 0.15) is 0 Å². The van der Waals surface area contributed by atoms with Crippen molar-refractivity contribution in [2.75, 3.05) is 0 Å². The predicted molar refractivity (Wildman–Crippen MR) is 17.1 cm³/mol. The molecular formula is NaO3S2-. The maximum Gasteiger partial charge on any atom is 1.00 e. The molecule has 0 saturated heterocycles. The molecule has 0 N–H and O–H groups in total. The normalized spacial score (nSPS) is 9.67. The van der Waals surface area contributed by atoms with E-state index < -0.39 is 9.15 Å². The van der Waals surface area contributed by atoms with Crippen LogP contribution >= 0.6 is 0 Å². The summed E-state index contributed by atoms with van der Waals surface area (Å²) in [5.74, 6) is 0. The largest absolute Gasteiger partial charge is 1.00 e. The van der Waals surface area contributed by atoms with Gasteiger partial charge in [-0.2, -0.15) is 0 Å². The fourth-order valence-corrected chi connectivity index (χ4v) is 0. The van der Waals surface area contributed by atoms with Gasteiger partial charge >= 0.3 is 29.6 Å². The summed E-state index contributed by atoms with van der Waals surface area (Å²) in [7, 11) is -4.33. The van der Waals surface area contributed by atoms with E-state index in [0.717, 1.165) is 0 Å². The summed E-state index contributed by atoms with van der Waals surface area (Å²) in [5.41, 5.74) is 0. The first-order valence-corrected chi connectivity index (χ1v) is 3.00. The predicted octanol–water partition coefficient (Wildman–Crippen LogP) is -4.00. The van der Waals surface area contributed by atoms with Crippen molar-refractivity contribution >= 4 is 20.8 Å². The Labute approximate surface area is 63.0 Å².